The van der Waals surface area contributed by atoms with Gasteiger partial charge in [-0.15, -0.1) is 0 Å². The number of nitrogens with one attached hydrogen (secondary N) is 1. The molecular weight excluding hydrogens is 550 g/mol. The summed E-state index contributed by atoms with van der Waals surface area (Å²) in [5.41, 5.74) is 1.76. The maximum atomic E-state index is 15.2. The largest absolute Gasteiger partial charge is 0.506 e. The Morgan fingerprint density at radius 3 is 2.53 bits per heavy atom. The molecule has 0 radical (unpaired) electrons. The highest BCUT2D eigenvalue weighted by molar-refractivity contribution is 9.10. The molecule has 1 unspecified atom stereocenters. The lowest BCUT2D eigenvalue weighted by Crippen LogP contribution is -2.35. The Hall–Kier alpha value is -2.78. The molecule has 4 rings (SSSR count). The zero-order chi connectivity index (χ0) is 26.4. The van der Waals surface area contributed by atoms with Crippen LogP contribution in [0.2, 0.25) is 0 Å². The van der Waals surface area contributed by atoms with Gasteiger partial charge in [0.15, 0.2) is 0 Å². The monoisotopic (exact) mass is 576 g/mol. The number of aromatic hydroxyl groups is 1. The van der Waals surface area contributed by atoms with Gasteiger partial charge in [0, 0.05) is 29.8 Å². The summed E-state index contributed by atoms with van der Waals surface area (Å²) in [5, 5.41) is 10.5. The van der Waals surface area contributed by atoms with E-state index < -0.39 is 17.7 Å². The van der Waals surface area contributed by atoms with Crippen LogP contribution in [-0.2, 0) is 5.41 Å². The van der Waals surface area contributed by atoms with Gasteiger partial charge in [0.2, 0.25) is 0 Å². The van der Waals surface area contributed by atoms with Gasteiger partial charge in [0.25, 0.3) is 5.91 Å². The van der Waals surface area contributed by atoms with Crippen molar-refractivity contribution in [2.45, 2.75) is 44.1 Å². The van der Waals surface area contributed by atoms with E-state index in [1.165, 1.54) is 23.1 Å². The van der Waals surface area contributed by atoms with Crippen molar-refractivity contribution in [3.8, 4) is 22.6 Å². The van der Waals surface area contributed by atoms with Crippen molar-refractivity contribution in [3.05, 3.63) is 69.7 Å². The molecule has 0 aromatic heterocycles. The molecule has 0 fully saturated rings. The van der Waals surface area contributed by atoms with Crippen LogP contribution < -0.4 is 9.46 Å². The first-order chi connectivity index (χ1) is 16.8. The quantitative estimate of drug-likeness (QED) is 0.273. The van der Waals surface area contributed by atoms with Crippen molar-refractivity contribution in [2.24, 2.45) is 0 Å². The molecule has 5 nitrogen and oxygen atoms in total. The molecule has 4 bridgehead atoms. The normalized spacial score (nSPS) is 16.4. The number of fused-ring (bicyclic) bond motifs is 6. The standard InChI is InChI=1S/C27H27BrF2N2O3S/c1-14-13-32(5)26(34)15-8-19(28)25(33)24(9-15)36-31-22-11-17(20(29)12-21(22)30)18-10-16(27(2,3)4)6-7-23(18)35-14/h6-12,14,31,33H,13H2,1-5H3. The molecular formula is C27H27BrF2N2O3S. The molecule has 1 amide bonds. The summed E-state index contributed by atoms with van der Waals surface area (Å²) >= 11 is 4.21. The van der Waals surface area contributed by atoms with E-state index in [0.717, 1.165) is 23.6 Å². The van der Waals surface area contributed by atoms with Crippen molar-refractivity contribution in [2.75, 3.05) is 18.3 Å². The molecule has 1 heterocycles. The summed E-state index contributed by atoms with van der Waals surface area (Å²) in [6.45, 7) is 8.23. The fraction of sp³-hybridized carbons (Fsp3) is 0.296. The molecule has 0 saturated carbocycles. The molecule has 190 valence electrons. The number of amides is 1. The van der Waals surface area contributed by atoms with E-state index >= 15 is 4.39 Å². The zero-order valence-corrected chi connectivity index (χ0v) is 23.0. The van der Waals surface area contributed by atoms with Crippen LogP contribution in [-0.4, -0.2) is 35.6 Å². The molecule has 9 heteroatoms. The number of rotatable bonds is 0. The number of phenols is 1. The number of ether oxygens (including phenoxy) is 1. The molecule has 1 atom stereocenters. The van der Waals surface area contributed by atoms with Gasteiger partial charge in [-0.3, -0.25) is 4.79 Å². The third kappa shape index (κ3) is 5.32. The van der Waals surface area contributed by atoms with Crippen molar-refractivity contribution < 1.29 is 23.4 Å². The lowest BCUT2D eigenvalue weighted by molar-refractivity contribution is 0.0727. The third-order valence-corrected chi connectivity index (χ3v) is 7.40. The highest BCUT2D eigenvalue weighted by Crippen LogP contribution is 2.41. The van der Waals surface area contributed by atoms with E-state index in [1.54, 1.807) is 13.1 Å². The maximum Gasteiger partial charge on any atom is 0.253 e. The van der Waals surface area contributed by atoms with Gasteiger partial charge < -0.3 is 19.5 Å². The molecule has 1 aliphatic heterocycles. The Morgan fingerprint density at radius 1 is 1.11 bits per heavy atom. The first-order valence-corrected chi connectivity index (χ1v) is 13.0. The zero-order valence-electron chi connectivity index (χ0n) is 20.6. The van der Waals surface area contributed by atoms with Crippen LogP contribution >= 0.6 is 27.9 Å². The Bertz CT molecular complexity index is 1340. The van der Waals surface area contributed by atoms with E-state index in [9.17, 15) is 14.3 Å². The van der Waals surface area contributed by atoms with E-state index in [1.807, 2.05) is 19.1 Å². The van der Waals surface area contributed by atoms with E-state index in [0.29, 0.717) is 26.2 Å². The van der Waals surface area contributed by atoms with Gasteiger partial charge in [0.05, 0.1) is 21.6 Å². The molecule has 1 aliphatic rings. The summed E-state index contributed by atoms with van der Waals surface area (Å²) in [5.74, 6) is -1.46. The van der Waals surface area contributed by atoms with Crippen molar-refractivity contribution in [1.29, 1.82) is 0 Å². The van der Waals surface area contributed by atoms with E-state index in [4.69, 9.17) is 4.74 Å². The first kappa shape index (κ1) is 26.3. The Labute approximate surface area is 222 Å². The fourth-order valence-corrected chi connectivity index (χ4v) is 5.33. The van der Waals surface area contributed by atoms with Crippen LogP contribution in [0.5, 0.6) is 11.5 Å². The average molecular weight is 577 g/mol. The van der Waals surface area contributed by atoms with Crippen LogP contribution in [0.15, 0.2) is 51.8 Å². The number of benzene rings is 3. The van der Waals surface area contributed by atoms with E-state index in [2.05, 4.69) is 41.4 Å². The Morgan fingerprint density at radius 2 is 1.83 bits per heavy atom. The minimum Gasteiger partial charge on any atom is -0.506 e. The van der Waals surface area contributed by atoms with Crippen molar-refractivity contribution in [3.63, 3.8) is 0 Å². The molecule has 0 spiro atoms. The van der Waals surface area contributed by atoms with Crippen LogP contribution in [0.4, 0.5) is 14.5 Å². The molecule has 0 saturated heterocycles. The van der Waals surface area contributed by atoms with Crippen LogP contribution in [0.3, 0.4) is 0 Å². The smallest absolute Gasteiger partial charge is 0.253 e. The van der Waals surface area contributed by atoms with Crippen molar-refractivity contribution in [1.82, 2.24) is 4.90 Å². The number of nitrogens with zero attached hydrogens (tertiary/aromatic N) is 1. The second kappa shape index (κ2) is 9.94. The predicted molar refractivity (Wildman–Crippen MR) is 143 cm³/mol. The summed E-state index contributed by atoms with van der Waals surface area (Å²) in [6.07, 6.45) is -0.432. The molecule has 36 heavy (non-hydrogen) atoms. The second-order valence-corrected chi connectivity index (χ2v) is 11.6. The van der Waals surface area contributed by atoms with E-state index in [-0.39, 0.29) is 34.9 Å². The van der Waals surface area contributed by atoms with Gasteiger partial charge in [-0.1, -0.05) is 26.8 Å². The maximum absolute atomic E-state index is 15.2. The van der Waals surface area contributed by atoms with Gasteiger partial charge >= 0.3 is 0 Å². The lowest BCUT2D eigenvalue weighted by atomic mass is 9.85. The number of halogens is 3. The Balaban J connectivity index is 1.91. The number of carbonyl (C=O) groups excluding carboxylic acids is 1. The molecule has 0 aliphatic carbocycles. The highest BCUT2D eigenvalue weighted by Gasteiger charge is 2.24. The summed E-state index contributed by atoms with van der Waals surface area (Å²) in [4.78, 5) is 15.0. The molecule has 3 aromatic carbocycles. The van der Waals surface area contributed by atoms with Crippen LogP contribution in [0.25, 0.3) is 11.1 Å². The summed E-state index contributed by atoms with van der Waals surface area (Å²) in [7, 11) is 1.66. The number of carbonyl (C=O) groups is 1. The van der Waals surface area contributed by atoms with Gasteiger partial charge in [-0.25, -0.2) is 8.78 Å². The number of likely N-dealkylation sites (N-methyl/N-ethyl adjacent to an activating group) is 1. The number of hydrogen-bond acceptors (Lipinski definition) is 5. The molecule has 2 N–H and O–H groups in total. The summed E-state index contributed by atoms with van der Waals surface area (Å²) in [6, 6.07) is 10.8. The minimum atomic E-state index is -0.790. The summed E-state index contributed by atoms with van der Waals surface area (Å²) < 4.78 is 39.4. The number of anilines is 1. The van der Waals surface area contributed by atoms with Crippen LogP contribution in [0, 0.1) is 11.6 Å². The van der Waals surface area contributed by atoms with Crippen molar-refractivity contribution >= 4 is 39.5 Å². The average Bonchev–Trinajstić information content (AvgIpc) is 2.79. The number of phenolic OH excluding ortho intramolecular Hbond substituents is 1. The number of hydrogen-bond donors (Lipinski definition) is 2. The molecule has 3 aromatic rings. The van der Waals surface area contributed by atoms with Gasteiger partial charge in [0.1, 0.15) is 29.2 Å². The SMILES string of the molecule is CC1CN(C)C(=O)c2cc(Br)c(O)c(c2)SNc2cc(c(F)cc2F)-c2cc(C(C)(C)C)ccc2O1. The third-order valence-electron chi connectivity index (χ3n) is 5.94. The topological polar surface area (TPSA) is 61.8 Å². The minimum absolute atomic E-state index is 0.0239. The lowest BCUT2D eigenvalue weighted by Gasteiger charge is -2.26. The first-order valence-electron chi connectivity index (χ1n) is 11.4. The van der Waals surface area contributed by atoms with Gasteiger partial charge in [-0.2, -0.15) is 0 Å². The predicted octanol–water partition coefficient (Wildman–Crippen LogP) is 7.37. The van der Waals surface area contributed by atoms with Crippen LogP contribution in [0.1, 0.15) is 43.6 Å². The van der Waals surface area contributed by atoms with Gasteiger partial charge in [-0.05, 0) is 76.1 Å². The Kier molecular flexibility index (Phi) is 7.26. The second-order valence-electron chi connectivity index (χ2n) is 9.90. The highest BCUT2D eigenvalue weighted by atomic mass is 79.9. The fourth-order valence-electron chi connectivity index (χ4n) is 3.97.